The number of carbonyl (C=O) groups excluding carboxylic acids is 1. The summed E-state index contributed by atoms with van der Waals surface area (Å²) in [6.45, 7) is 8.16. The van der Waals surface area contributed by atoms with E-state index in [1.54, 1.807) is 12.1 Å². The molecule has 0 saturated carbocycles. The average Bonchev–Trinajstić information content (AvgIpc) is 2.58. The fourth-order valence-corrected chi connectivity index (χ4v) is 3.09. The molecule has 1 N–H and O–H groups in total. The number of aryl methyl sites for hydroxylation is 2. The van der Waals surface area contributed by atoms with E-state index in [2.05, 4.69) is 44.3 Å². The van der Waals surface area contributed by atoms with Gasteiger partial charge in [0, 0.05) is 5.02 Å². The minimum absolute atomic E-state index is 0.0230. The van der Waals surface area contributed by atoms with Gasteiger partial charge >= 0.3 is 0 Å². The molecule has 4 heteroatoms. The molecule has 0 aliphatic rings. The van der Waals surface area contributed by atoms with Crippen molar-refractivity contribution in [3.63, 3.8) is 0 Å². The van der Waals surface area contributed by atoms with Crippen molar-refractivity contribution in [3.05, 3.63) is 64.2 Å². The van der Waals surface area contributed by atoms with Crippen molar-refractivity contribution in [2.24, 2.45) is 0 Å². The Labute approximate surface area is 155 Å². The second kappa shape index (κ2) is 8.91. The lowest BCUT2D eigenvalue weighted by molar-refractivity contribution is -0.128. The van der Waals surface area contributed by atoms with Crippen LogP contribution in [0.25, 0.3) is 0 Å². The van der Waals surface area contributed by atoms with Crippen LogP contribution in [0, 0.1) is 13.8 Å². The first-order valence-electron chi connectivity index (χ1n) is 8.74. The van der Waals surface area contributed by atoms with Crippen LogP contribution in [0.1, 0.15) is 49.4 Å². The van der Waals surface area contributed by atoms with Gasteiger partial charge in [0.15, 0.2) is 6.10 Å². The van der Waals surface area contributed by atoms with Gasteiger partial charge in [-0.1, -0.05) is 55.3 Å². The highest BCUT2D eigenvalue weighted by molar-refractivity contribution is 6.30. The molecule has 2 atom stereocenters. The zero-order chi connectivity index (χ0) is 18.4. The molecular formula is C21H26ClNO2. The van der Waals surface area contributed by atoms with Gasteiger partial charge in [-0.25, -0.2) is 0 Å². The summed E-state index contributed by atoms with van der Waals surface area (Å²) < 4.78 is 5.84. The van der Waals surface area contributed by atoms with Crippen molar-refractivity contribution in [3.8, 4) is 5.75 Å². The standard InChI is InChI=1S/C21H26ClNO2/c1-5-19(18-11-10-14(3)12-15(18)4)23-21(24)20(6-2)25-17-9-7-8-16(22)13-17/h7-13,19-20H,5-6H2,1-4H3,(H,23,24)/t19-,20-/m1/s1. The maximum atomic E-state index is 12.7. The van der Waals surface area contributed by atoms with E-state index < -0.39 is 6.10 Å². The number of hydrogen-bond acceptors (Lipinski definition) is 2. The SMILES string of the molecule is CC[C@@H](Oc1cccc(Cl)c1)C(=O)N[C@H](CC)c1ccc(C)cc1C. The van der Waals surface area contributed by atoms with Gasteiger partial charge in [-0.05, 0) is 56.0 Å². The summed E-state index contributed by atoms with van der Waals surface area (Å²) in [6.07, 6.45) is 0.864. The molecular weight excluding hydrogens is 334 g/mol. The Hall–Kier alpha value is -2.00. The van der Waals surface area contributed by atoms with Crippen molar-refractivity contribution in [2.45, 2.75) is 52.7 Å². The number of rotatable bonds is 7. The van der Waals surface area contributed by atoms with Crippen LogP contribution in [0.3, 0.4) is 0 Å². The quantitative estimate of drug-likeness (QED) is 0.720. The highest BCUT2D eigenvalue weighted by Crippen LogP contribution is 2.23. The molecule has 2 rings (SSSR count). The normalized spacial score (nSPS) is 13.2. The smallest absolute Gasteiger partial charge is 0.261 e. The minimum atomic E-state index is -0.543. The third kappa shape index (κ3) is 5.23. The molecule has 3 nitrogen and oxygen atoms in total. The van der Waals surface area contributed by atoms with E-state index in [0.29, 0.717) is 17.2 Å². The molecule has 2 aromatic carbocycles. The van der Waals surface area contributed by atoms with Crippen molar-refractivity contribution in [1.29, 1.82) is 0 Å². The Morgan fingerprint density at radius 2 is 1.88 bits per heavy atom. The van der Waals surface area contributed by atoms with E-state index in [-0.39, 0.29) is 11.9 Å². The molecule has 0 aliphatic heterocycles. The first kappa shape index (κ1) is 19.3. The first-order chi connectivity index (χ1) is 11.9. The second-order valence-corrected chi connectivity index (χ2v) is 6.74. The van der Waals surface area contributed by atoms with E-state index in [1.807, 2.05) is 19.1 Å². The molecule has 25 heavy (non-hydrogen) atoms. The summed E-state index contributed by atoms with van der Waals surface area (Å²) in [5, 5.41) is 3.72. The lowest BCUT2D eigenvalue weighted by Crippen LogP contribution is -2.40. The number of benzene rings is 2. The van der Waals surface area contributed by atoms with Crippen LogP contribution in [0.4, 0.5) is 0 Å². The maximum absolute atomic E-state index is 12.7. The monoisotopic (exact) mass is 359 g/mol. The lowest BCUT2D eigenvalue weighted by Gasteiger charge is -2.23. The van der Waals surface area contributed by atoms with Crippen molar-refractivity contribution < 1.29 is 9.53 Å². The largest absolute Gasteiger partial charge is 0.481 e. The summed E-state index contributed by atoms with van der Waals surface area (Å²) in [5.74, 6) is 0.503. The van der Waals surface area contributed by atoms with Crippen LogP contribution >= 0.6 is 11.6 Å². The highest BCUT2D eigenvalue weighted by Gasteiger charge is 2.22. The Bertz CT molecular complexity index is 730. The third-order valence-corrected chi connectivity index (χ3v) is 4.50. The molecule has 1 amide bonds. The predicted octanol–water partition coefficient (Wildman–Crippen LogP) is 5.38. The summed E-state index contributed by atoms with van der Waals surface area (Å²) in [7, 11) is 0. The van der Waals surface area contributed by atoms with Crippen LogP contribution in [0.5, 0.6) is 5.75 Å². The van der Waals surface area contributed by atoms with Gasteiger partial charge < -0.3 is 10.1 Å². The molecule has 0 spiro atoms. The number of carbonyl (C=O) groups is 1. The van der Waals surface area contributed by atoms with Gasteiger partial charge in [0.1, 0.15) is 5.75 Å². The van der Waals surface area contributed by atoms with Crippen LogP contribution in [-0.4, -0.2) is 12.0 Å². The highest BCUT2D eigenvalue weighted by atomic mass is 35.5. The lowest BCUT2D eigenvalue weighted by atomic mass is 9.97. The van der Waals surface area contributed by atoms with E-state index in [4.69, 9.17) is 16.3 Å². The predicted molar refractivity (Wildman–Crippen MR) is 103 cm³/mol. The number of amides is 1. The summed E-state index contributed by atoms with van der Waals surface area (Å²) in [5.41, 5.74) is 3.56. The van der Waals surface area contributed by atoms with E-state index >= 15 is 0 Å². The topological polar surface area (TPSA) is 38.3 Å². The van der Waals surface area contributed by atoms with Crippen molar-refractivity contribution in [1.82, 2.24) is 5.32 Å². The van der Waals surface area contributed by atoms with Crippen molar-refractivity contribution >= 4 is 17.5 Å². The van der Waals surface area contributed by atoms with E-state index in [1.165, 1.54) is 11.1 Å². The Morgan fingerprint density at radius 1 is 1.12 bits per heavy atom. The molecule has 0 radical (unpaired) electrons. The summed E-state index contributed by atoms with van der Waals surface area (Å²) in [4.78, 5) is 12.7. The first-order valence-corrected chi connectivity index (χ1v) is 9.12. The van der Waals surface area contributed by atoms with Crippen LogP contribution in [-0.2, 0) is 4.79 Å². The number of hydrogen-bond donors (Lipinski definition) is 1. The van der Waals surface area contributed by atoms with Gasteiger partial charge in [-0.2, -0.15) is 0 Å². The second-order valence-electron chi connectivity index (χ2n) is 6.30. The zero-order valence-corrected chi connectivity index (χ0v) is 16.1. The molecule has 134 valence electrons. The fourth-order valence-electron chi connectivity index (χ4n) is 2.91. The average molecular weight is 360 g/mol. The fraction of sp³-hybridized carbons (Fsp3) is 0.381. The molecule has 0 fully saturated rings. The molecule has 0 unspecified atom stereocenters. The van der Waals surface area contributed by atoms with Crippen LogP contribution < -0.4 is 10.1 Å². The van der Waals surface area contributed by atoms with Gasteiger partial charge in [0.2, 0.25) is 0 Å². The number of ether oxygens (including phenoxy) is 1. The van der Waals surface area contributed by atoms with Gasteiger partial charge in [0.05, 0.1) is 6.04 Å². The summed E-state index contributed by atoms with van der Waals surface area (Å²) in [6, 6.07) is 13.4. The zero-order valence-electron chi connectivity index (χ0n) is 15.3. The Morgan fingerprint density at radius 3 is 2.48 bits per heavy atom. The van der Waals surface area contributed by atoms with Gasteiger partial charge in [-0.15, -0.1) is 0 Å². The maximum Gasteiger partial charge on any atom is 0.261 e. The Balaban J connectivity index is 2.11. The molecule has 2 aromatic rings. The molecule has 0 heterocycles. The van der Waals surface area contributed by atoms with Crippen LogP contribution in [0.15, 0.2) is 42.5 Å². The number of nitrogens with one attached hydrogen (secondary N) is 1. The van der Waals surface area contributed by atoms with Gasteiger partial charge in [-0.3, -0.25) is 4.79 Å². The van der Waals surface area contributed by atoms with Crippen LogP contribution in [0.2, 0.25) is 5.02 Å². The third-order valence-electron chi connectivity index (χ3n) is 4.26. The molecule has 0 aliphatic carbocycles. The minimum Gasteiger partial charge on any atom is -0.481 e. The van der Waals surface area contributed by atoms with E-state index in [0.717, 1.165) is 12.0 Å². The Kier molecular flexibility index (Phi) is 6.89. The molecule has 0 saturated heterocycles. The van der Waals surface area contributed by atoms with Gasteiger partial charge in [0.25, 0.3) is 5.91 Å². The number of halogens is 1. The summed E-state index contributed by atoms with van der Waals surface area (Å²) >= 11 is 5.99. The van der Waals surface area contributed by atoms with Crippen molar-refractivity contribution in [2.75, 3.05) is 0 Å². The molecule has 0 bridgehead atoms. The van der Waals surface area contributed by atoms with E-state index in [9.17, 15) is 4.79 Å². The molecule has 0 aromatic heterocycles.